The number of phosphoric ester groups is 1. The summed E-state index contributed by atoms with van der Waals surface area (Å²) in [6, 6.07) is -0.757. The van der Waals surface area contributed by atoms with Gasteiger partial charge < -0.3 is 19.8 Å². The average molecular weight is 746 g/mol. The molecule has 0 spiro atoms. The zero-order valence-electron chi connectivity index (χ0n) is 34.4. The summed E-state index contributed by atoms with van der Waals surface area (Å²) in [6.07, 6.45) is 38.0. The smallest absolute Gasteiger partial charge is 0.391 e. The highest BCUT2D eigenvalue weighted by Gasteiger charge is 2.28. The van der Waals surface area contributed by atoms with Crippen LogP contribution in [0, 0.1) is 0 Å². The number of allylic oxidation sites excluding steroid dienone is 2. The van der Waals surface area contributed by atoms with Gasteiger partial charge in [-0.1, -0.05) is 167 Å². The first-order chi connectivity index (χ1) is 24.5. The van der Waals surface area contributed by atoms with Crippen molar-refractivity contribution in [2.75, 3.05) is 40.9 Å². The molecule has 8 nitrogen and oxygen atoms in total. The van der Waals surface area contributed by atoms with E-state index < -0.39 is 20.0 Å². The molecule has 0 saturated heterocycles. The van der Waals surface area contributed by atoms with Crippen LogP contribution >= 0.6 is 7.82 Å². The molecule has 3 N–H and O–H groups in total. The molecule has 0 radical (unpaired) electrons. The Balaban J connectivity index is 4.36. The largest absolute Gasteiger partial charge is 0.472 e. The Kier molecular flexibility index (Phi) is 34.5. The maximum absolute atomic E-state index is 12.9. The Bertz CT molecular complexity index is 850. The third-order valence-corrected chi connectivity index (χ3v) is 10.7. The van der Waals surface area contributed by atoms with Gasteiger partial charge in [-0.3, -0.25) is 13.8 Å². The molecule has 0 bridgehead atoms. The fraction of sp³-hybridized carbons (Fsp3) is 0.929. The monoisotopic (exact) mass is 746 g/mol. The SMILES string of the molecule is CCCCCCCC/C=C/CCCCCCCCCC(=O)N[C@@H](COP(=O)(O)OCC[N+](C)(C)C)[C@H](O)CCCCCCCCCCCCCC. The number of nitrogens with one attached hydrogen (secondary N) is 1. The highest BCUT2D eigenvalue weighted by Crippen LogP contribution is 2.43. The molecule has 0 rings (SSSR count). The number of aliphatic hydroxyl groups excluding tert-OH is 1. The summed E-state index contributed by atoms with van der Waals surface area (Å²) in [6.45, 7) is 4.87. The molecule has 51 heavy (non-hydrogen) atoms. The average Bonchev–Trinajstić information content (AvgIpc) is 3.07. The molecule has 1 unspecified atom stereocenters. The molecule has 0 fully saturated rings. The van der Waals surface area contributed by atoms with E-state index in [1.165, 1.54) is 135 Å². The van der Waals surface area contributed by atoms with Crippen molar-refractivity contribution >= 4 is 13.7 Å². The molecule has 0 aromatic carbocycles. The van der Waals surface area contributed by atoms with Crippen LogP contribution in [-0.4, -0.2) is 73.4 Å². The normalized spacial score (nSPS) is 14.6. The number of phosphoric acid groups is 1. The quantitative estimate of drug-likeness (QED) is 0.0250. The van der Waals surface area contributed by atoms with Crippen LogP contribution in [-0.2, 0) is 18.4 Å². The second-order valence-corrected chi connectivity index (χ2v) is 17.5. The van der Waals surface area contributed by atoms with Crippen LogP contribution in [0.15, 0.2) is 12.2 Å². The van der Waals surface area contributed by atoms with Crippen molar-refractivity contribution in [3.8, 4) is 0 Å². The molecular weight excluding hydrogens is 659 g/mol. The van der Waals surface area contributed by atoms with E-state index >= 15 is 0 Å². The lowest BCUT2D eigenvalue weighted by Gasteiger charge is -2.26. The van der Waals surface area contributed by atoms with Crippen LogP contribution in [0.3, 0.4) is 0 Å². The number of aliphatic hydroxyl groups is 1. The predicted molar refractivity (Wildman–Crippen MR) is 217 cm³/mol. The number of hydrogen-bond acceptors (Lipinski definition) is 5. The molecule has 0 aliphatic carbocycles. The Morgan fingerprint density at radius 3 is 1.51 bits per heavy atom. The molecular formula is C42H86N2O6P+. The number of unbranched alkanes of at least 4 members (excludes halogenated alkanes) is 24. The van der Waals surface area contributed by atoms with Crippen LogP contribution < -0.4 is 5.32 Å². The minimum Gasteiger partial charge on any atom is -0.391 e. The number of amides is 1. The van der Waals surface area contributed by atoms with E-state index in [-0.39, 0.29) is 19.1 Å². The molecule has 0 aromatic heterocycles. The Hall–Kier alpha value is -0.760. The van der Waals surface area contributed by atoms with Gasteiger partial charge in [0.25, 0.3) is 0 Å². The van der Waals surface area contributed by atoms with Gasteiger partial charge in [0.15, 0.2) is 0 Å². The van der Waals surface area contributed by atoms with Crippen LogP contribution in [0.2, 0.25) is 0 Å². The van der Waals surface area contributed by atoms with E-state index in [4.69, 9.17) is 9.05 Å². The second-order valence-electron chi connectivity index (χ2n) is 16.1. The number of carbonyl (C=O) groups excluding carboxylic acids is 1. The summed E-state index contributed by atoms with van der Waals surface area (Å²) in [4.78, 5) is 23.1. The Labute approximate surface area is 316 Å². The number of nitrogens with zero attached hydrogens (tertiary/aromatic N) is 1. The van der Waals surface area contributed by atoms with Crippen molar-refractivity contribution < 1.29 is 32.9 Å². The lowest BCUT2D eigenvalue weighted by Crippen LogP contribution is -2.46. The van der Waals surface area contributed by atoms with E-state index in [9.17, 15) is 19.4 Å². The first kappa shape index (κ1) is 50.2. The van der Waals surface area contributed by atoms with Crippen LogP contribution in [0.1, 0.15) is 200 Å². The summed E-state index contributed by atoms with van der Waals surface area (Å²) < 4.78 is 23.6. The predicted octanol–water partition coefficient (Wildman–Crippen LogP) is 11.6. The Morgan fingerprint density at radius 2 is 1.06 bits per heavy atom. The molecule has 0 heterocycles. The molecule has 0 saturated carbocycles. The van der Waals surface area contributed by atoms with Crippen molar-refractivity contribution in [1.82, 2.24) is 5.32 Å². The number of rotatable bonds is 39. The van der Waals surface area contributed by atoms with Gasteiger partial charge in [-0.15, -0.1) is 0 Å². The highest BCUT2D eigenvalue weighted by molar-refractivity contribution is 7.47. The molecule has 0 aliphatic heterocycles. The topological polar surface area (TPSA) is 105 Å². The van der Waals surface area contributed by atoms with Crippen molar-refractivity contribution in [2.45, 2.75) is 212 Å². The highest BCUT2D eigenvalue weighted by atomic mass is 31.2. The van der Waals surface area contributed by atoms with Crippen molar-refractivity contribution in [1.29, 1.82) is 0 Å². The zero-order valence-corrected chi connectivity index (χ0v) is 35.3. The van der Waals surface area contributed by atoms with Gasteiger partial charge in [-0.05, 0) is 38.5 Å². The second kappa shape index (κ2) is 35.0. The maximum Gasteiger partial charge on any atom is 0.472 e. The molecule has 1 amide bonds. The van der Waals surface area contributed by atoms with Gasteiger partial charge in [-0.2, -0.15) is 0 Å². The third kappa shape index (κ3) is 37.4. The molecule has 9 heteroatoms. The summed E-state index contributed by atoms with van der Waals surface area (Å²) in [5.41, 5.74) is 0. The fourth-order valence-corrected chi connectivity index (χ4v) is 7.01. The standard InChI is InChI=1S/C42H85N2O6P/c1-6-8-10-12-14-16-18-20-21-22-23-24-26-28-30-32-34-36-42(46)43-40(39-50-51(47,48)49-38-37-44(3,4)5)41(45)35-33-31-29-27-25-19-17-15-13-11-9-7-2/h20-21,40-41,45H,6-19,22-39H2,1-5H3,(H-,43,46,47,48)/p+1/b21-20+/t40-,41+/m0/s1. The van der Waals surface area contributed by atoms with Gasteiger partial charge in [-0.25, -0.2) is 4.57 Å². The van der Waals surface area contributed by atoms with Gasteiger partial charge >= 0.3 is 7.82 Å². The van der Waals surface area contributed by atoms with Crippen LogP contribution in [0.5, 0.6) is 0 Å². The van der Waals surface area contributed by atoms with E-state index in [0.717, 1.165) is 38.5 Å². The van der Waals surface area contributed by atoms with Gasteiger partial charge in [0, 0.05) is 6.42 Å². The minimum absolute atomic E-state index is 0.0755. The van der Waals surface area contributed by atoms with Crippen LogP contribution in [0.4, 0.5) is 0 Å². The van der Waals surface area contributed by atoms with Crippen molar-refractivity contribution in [3.63, 3.8) is 0 Å². The number of hydrogen-bond donors (Lipinski definition) is 3. The third-order valence-electron chi connectivity index (χ3n) is 9.76. The Morgan fingerprint density at radius 1 is 0.647 bits per heavy atom. The van der Waals surface area contributed by atoms with Crippen molar-refractivity contribution in [3.05, 3.63) is 12.2 Å². The number of quaternary nitrogens is 1. The first-order valence-corrected chi connectivity index (χ1v) is 23.0. The molecule has 0 aliphatic rings. The molecule has 3 atom stereocenters. The van der Waals surface area contributed by atoms with E-state index in [1.807, 2.05) is 21.1 Å². The lowest BCUT2D eigenvalue weighted by molar-refractivity contribution is -0.870. The van der Waals surface area contributed by atoms with E-state index in [2.05, 4.69) is 31.3 Å². The first-order valence-electron chi connectivity index (χ1n) is 21.6. The van der Waals surface area contributed by atoms with Crippen molar-refractivity contribution in [2.24, 2.45) is 0 Å². The van der Waals surface area contributed by atoms with E-state index in [0.29, 0.717) is 23.9 Å². The maximum atomic E-state index is 12.9. The van der Waals surface area contributed by atoms with Gasteiger partial charge in [0.2, 0.25) is 5.91 Å². The summed E-state index contributed by atoms with van der Waals surface area (Å²) in [5.74, 6) is -0.149. The zero-order chi connectivity index (χ0) is 37.9. The van der Waals surface area contributed by atoms with E-state index in [1.54, 1.807) is 0 Å². The number of likely N-dealkylation sites (N-methyl/N-ethyl adjacent to an activating group) is 1. The minimum atomic E-state index is -4.31. The van der Waals surface area contributed by atoms with Gasteiger partial charge in [0.1, 0.15) is 13.2 Å². The summed E-state index contributed by atoms with van der Waals surface area (Å²) in [5, 5.41) is 13.9. The lowest BCUT2D eigenvalue weighted by atomic mass is 10.0. The van der Waals surface area contributed by atoms with Gasteiger partial charge in [0.05, 0.1) is 39.9 Å². The summed E-state index contributed by atoms with van der Waals surface area (Å²) >= 11 is 0. The molecule has 304 valence electrons. The molecule has 0 aromatic rings. The van der Waals surface area contributed by atoms with Crippen LogP contribution in [0.25, 0.3) is 0 Å². The summed E-state index contributed by atoms with van der Waals surface area (Å²) in [7, 11) is 1.62. The number of carbonyl (C=O) groups is 1. The fourth-order valence-electron chi connectivity index (χ4n) is 6.28.